The Balaban J connectivity index is 0.000000180. The molecule has 0 aliphatic heterocycles. The minimum atomic E-state index is -0.879. The van der Waals surface area contributed by atoms with Crippen molar-refractivity contribution in [3.8, 4) is 17.2 Å². The molecular formula is C13H12O5. The predicted molar refractivity (Wildman–Crippen MR) is 64.8 cm³/mol. The number of carboxylic acid groups (broad SMARTS) is 1. The molecule has 2 rings (SSSR count). The lowest BCUT2D eigenvalue weighted by Gasteiger charge is -1.94. The first kappa shape index (κ1) is 13.4. The molecule has 2 aromatic carbocycles. The summed E-state index contributed by atoms with van der Waals surface area (Å²) in [7, 11) is 0. The first-order valence-electron chi connectivity index (χ1n) is 4.99. The molecule has 18 heavy (non-hydrogen) atoms. The highest BCUT2D eigenvalue weighted by atomic mass is 16.4. The van der Waals surface area contributed by atoms with Crippen molar-refractivity contribution in [2.24, 2.45) is 0 Å². The molecule has 94 valence electrons. The Morgan fingerprint density at radius 3 is 1.44 bits per heavy atom. The summed E-state index contributed by atoms with van der Waals surface area (Å²) in [4.78, 5) is 10.2. The second-order valence-corrected chi connectivity index (χ2v) is 3.38. The molecule has 0 unspecified atom stereocenters. The highest BCUT2D eigenvalue weighted by Crippen LogP contribution is 2.23. The topological polar surface area (TPSA) is 98.0 Å². The Morgan fingerprint density at radius 1 is 0.778 bits per heavy atom. The third-order valence-electron chi connectivity index (χ3n) is 1.91. The lowest BCUT2D eigenvalue weighted by Crippen LogP contribution is -1.93. The normalized spacial score (nSPS) is 9.11. The van der Waals surface area contributed by atoms with Gasteiger partial charge in [0.15, 0.2) is 0 Å². The first-order chi connectivity index (χ1) is 8.49. The average molecular weight is 248 g/mol. The molecule has 0 atom stereocenters. The monoisotopic (exact) mass is 248 g/mol. The molecule has 0 radical (unpaired) electrons. The standard InChI is InChI=1S/C7H6O2.C6H6O3/c8-7(9)6-4-2-1-3-5-6;7-4-1-5(8)3-6(9)2-4/h1-5H,(H,8,9);1-3,7-9H. The number of hydrogen-bond acceptors (Lipinski definition) is 4. The van der Waals surface area contributed by atoms with Crippen molar-refractivity contribution >= 4 is 5.97 Å². The minimum absolute atomic E-state index is 0.146. The van der Waals surface area contributed by atoms with E-state index in [-0.39, 0.29) is 17.2 Å². The van der Waals surface area contributed by atoms with E-state index in [0.717, 1.165) is 18.2 Å². The fraction of sp³-hybridized carbons (Fsp3) is 0. The van der Waals surface area contributed by atoms with E-state index in [9.17, 15) is 4.79 Å². The van der Waals surface area contributed by atoms with Crippen LogP contribution in [-0.4, -0.2) is 26.4 Å². The van der Waals surface area contributed by atoms with Crippen LogP contribution < -0.4 is 0 Å². The van der Waals surface area contributed by atoms with Gasteiger partial charge in [-0.3, -0.25) is 0 Å². The molecule has 0 fully saturated rings. The van der Waals surface area contributed by atoms with Gasteiger partial charge in [-0.1, -0.05) is 18.2 Å². The van der Waals surface area contributed by atoms with Crippen molar-refractivity contribution < 1.29 is 25.2 Å². The van der Waals surface area contributed by atoms with Gasteiger partial charge in [0.05, 0.1) is 5.56 Å². The van der Waals surface area contributed by atoms with Gasteiger partial charge < -0.3 is 20.4 Å². The van der Waals surface area contributed by atoms with Crippen LogP contribution in [0.15, 0.2) is 48.5 Å². The molecular weight excluding hydrogens is 236 g/mol. The number of aromatic hydroxyl groups is 3. The number of aromatic carboxylic acids is 1. The summed E-state index contributed by atoms with van der Waals surface area (Å²) in [6.45, 7) is 0. The van der Waals surface area contributed by atoms with Gasteiger partial charge in [-0.2, -0.15) is 0 Å². The minimum Gasteiger partial charge on any atom is -0.508 e. The van der Waals surface area contributed by atoms with E-state index in [1.54, 1.807) is 30.3 Å². The Hall–Kier alpha value is -2.69. The van der Waals surface area contributed by atoms with Crippen LogP contribution in [0.2, 0.25) is 0 Å². The largest absolute Gasteiger partial charge is 0.508 e. The van der Waals surface area contributed by atoms with Crippen molar-refractivity contribution in [2.75, 3.05) is 0 Å². The maximum absolute atomic E-state index is 10.2. The summed E-state index contributed by atoms with van der Waals surface area (Å²) < 4.78 is 0. The predicted octanol–water partition coefficient (Wildman–Crippen LogP) is 2.19. The zero-order chi connectivity index (χ0) is 13.5. The highest BCUT2D eigenvalue weighted by molar-refractivity contribution is 5.87. The van der Waals surface area contributed by atoms with Gasteiger partial charge in [0.25, 0.3) is 0 Å². The Bertz CT molecular complexity index is 472. The molecule has 0 amide bonds. The molecule has 0 heterocycles. The van der Waals surface area contributed by atoms with Crippen LogP contribution in [-0.2, 0) is 0 Å². The van der Waals surface area contributed by atoms with Crippen LogP contribution in [0.4, 0.5) is 0 Å². The van der Waals surface area contributed by atoms with Crippen molar-refractivity contribution in [3.63, 3.8) is 0 Å². The summed E-state index contributed by atoms with van der Waals surface area (Å²) in [5, 5.41) is 34.4. The molecule has 0 aliphatic rings. The van der Waals surface area contributed by atoms with Crippen LogP contribution in [0.1, 0.15) is 10.4 Å². The smallest absolute Gasteiger partial charge is 0.335 e. The fourth-order valence-corrected chi connectivity index (χ4v) is 1.16. The van der Waals surface area contributed by atoms with Crippen LogP contribution >= 0.6 is 0 Å². The summed E-state index contributed by atoms with van der Waals surface area (Å²) >= 11 is 0. The number of benzene rings is 2. The lowest BCUT2D eigenvalue weighted by atomic mass is 10.2. The van der Waals surface area contributed by atoms with Crippen molar-refractivity contribution in [1.29, 1.82) is 0 Å². The van der Waals surface area contributed by atoms with Gasteiger partial charge in [0, 0.05) is 18.2 Å². The van der Waals surface area contributed by atoms with E-state index in [2.05, 4.69) is 0 Å². The SMILES string of the molecule is O=C(O)c1ccccc1.Oc1cc(O)cc(O)c1. The molecule has 0 saturated heterocycles. The van der Waals surface area contributed by atoms with Gasteiger partial charge in [-0.05, 0) is 12.1 Å². The molecule has 0 aromatic heterocycles. The van der Waals surface area contributed by atoms with Gasteiger partial charge in [-0.25, -0.2) is 4.79 Å². The first-order valence-corrected chi connectivity index (χ1v) is 4.99. The number of phenols is 3. The Morgan fingerprint density at radius 2 is 1.17 bits per heavy atom. The number of rotatable bonds is 1. The van der Waals surface area contributed by atoms with E-state index >= 15 is 0 Å². The summed E-state index contributed by atoms with van der Waals surface area (Å²) in [6.07, 6.45) is 0. The lowest BCUT2D eigenvalue weighted by molar-refractivity contribution is 0.0697. The van der Waals surface area contributed by atoms with Gasteiger partial charge in [0.1, 0.15) is 17.2 Å². The average Bonchev–Trinajstić information content (AvgIpc) is 2.29. The van der Waals surface area contributed by atoms with E-state index in [1.807, 2.05) is 0 Å². The number of phenolic OH excluding ortho intramolecular Hbond substituents is 3. The molecule has 0 bridgehead atoms. The van der Waals surface area contributed by atoms with Gasteiger partial charge >= 0.3 is 5.97 Å². The molecule has 5 heteroatoms. The Kier molecular flexibility index (Phi) is 4.57. The second kappa shape index (κ2) is 6.15. The number of carbonyl (C=O) groups is 1. The fourth-order valence-electron chi connectivity index (χ4n) is 1.16. The molecule has 0 spiro atoms. The summed E-state index contributed by atoms with van der Waals surface area (Å²) in [5.41, 5.74) is 0.331. The number of carboxylic acids is 1. The van der Waals surface area contributed by atoms with Crippen LogP contribution in [0.25, 0.3) is 0 Å². The summed E-state index contributed by atoms with van der Waals surface area (Å²) in [6, 6.07) is 11.7. The number of hydrogen-bond donors (Lipinski definition) is 4. The molecule has 0 saturated carbocycles. The molecule has 2 aromatic rings. The third kappa shape index (κ3) is 4.44. The molecule has 5 nitrogen and oxygen atoms in total. The van der Waals surface area contributed by atoms with Gasteiger partial charge in [0.2, 0.25) is 0 Å². The van der Waals surface area contributed by atoms with Crippen LogP contribution in [0, 0.1) is 0 Å². The Labute approximate surface area is 103 Å². The van der Waals surface area contributed by atoms with Crippen molar-refractivity contribution in [3.05, 3.63) is 54.1 Å². The molecule has 0 aliphatic carbocycles. The van der Waals surface area contributed by atoms with E-state index in [4.69, 9.17) is 20.4 Å². The third-order valence-corrected chi connectivity index (χ3v) is 1.91. The highest BCUT2D eigenvalue weighted by Gasteiger charge is 1.96. The van der Waals surface area contributed by atoms with Crippen LogP contribution in [0.3, 0.4) is 0 Å². The maximum atomic E-state index is 10.2. The zero-order valence-corrected chi connectivity index (χ0v) is 9.32. The summed E-state index contributed by atoms with van der Waals surface area (Å²) in [5.74, 6) is -1.32. The van der Waals surface area contributed by atoms with Gasteiger partial charge in [-0.15, -0.1) is 0 Å². The molecule has 4 N–H and O–H groups in total. The van der Waals surface area contributed by atoms with Crippen molar-refractivity contribution in [1.82, 2.24) is 0 Å². The van der Waals surface area contributed by atoms with Crippen molar-refractivity contribution in [2.45, 2.75) is 0 Å². The maximum Gasteiger partial charge on any atom is 0.335 e. The van der Waals surface area contributed by atoms with E-state index in [0.29, 0.717) is 5.56 Å². The van der Waals surface area contributed by atoms with E-state index in [1.165, 1.54) is 0 Å². The quantitative estimate of drug-likeness (QED) is 0.620. The van der Waals surface area contributed by atoms with E-state index < -0.39 is 5.97 Å². The van der Waals surface area contributed by atoms with Crippen LogP contribution in [0.5, 0.6) is 17.2 Å². The second-order valence-electron chi connectivity index (χ2n) is 3.38. The zero-order valence-electron chi connectivity index (χ0n) is 9.32.